The monoisotopic (exact) mass is 446 g/mol. The van der Waals surface area contributed by atoms with Crippen molar-refractivity contribution >= 4 is 17.7 Å². The van der Waals surface area contributed by atoms with E-state index in [1.165, 1.54) is 25.7 Å². The van der Waals surface area contributed by atoms with Crippen molar-refractivity contribution in [1.82, 2.24) is 15.4 Å². The lowest BCUT2D eigenvalue weighted by Crippen LogP contribution is -2.51. The van der Waals surface area contributed by atoms with E-state index < -0.39 is 5.60 Å². The summed E-state index contributed by atoms with van der Waals surface area (Å²) in [6, 6.07) is 3.77. The molecule has 0 aromatic carbocycles. The second-order valence-electron chi connectivity index (χ2n) is 9.80. The fourth-order valence-corrected chi connectivity index (χ4v) is 3.96. The number of unbranched alkanes of at least 4 members (excludes halogenated alkanes) is 5. The number of nitrogens with zero attached hydrogens (tertiary/aromatic N) is 2. The Bertz CT molecular complexity index is 682. The second-order valence-corrected chi connectivity index (χ2v) is 9.80. The number of carbonyl (C=O) groups excluding carboxylic acids is 2. The number of carbonyl (C=O) groups is 2. The van der Waals surface area contributed by atoms with E-state index in [2.05, 4.69) is 22.7 Å². The van der Waals surface area contributed by atoms with Gasteiger partial charge in [0.1, 0.15) is 5.60 Å². The van der Waals surface area contributed by atoms with E-state index in [0.717, 1.165) is 44.2 Å². The maximum atomic E-state index is 12.7. The standard InChI is InChI=1S/C25H42N4O3/c1-5-6-7-8-9-10-19-29(24(31)32-25(2,3)4)28-22-13-11-20(12-14-22)23(30)27-21-15-17-26-18-16-21/h15-18,20,22,28H,5-14,19H2,1-4H3,(H,26,27,30). The maximum absolute atomic E-state index is 12.7. The number of anilines is 1. The zero-order valence-corrected chi connectivity index (χ0v) is 20.4. The molecule has 32 heavy (non-hydrogen) atoms. The number of hydrogen-bond donors (Lipinski definition) is 2. The normalized spacial score (nSPS) is 18.8. The average molecular weight is 447 g/mol. The van der Waals surface area contributed by atoms with Crippen LogP contribution >= 0.6 is 0 Å². The van der Waals surface area contributed by atoms with Crippen molar-refractivity contribution in [2.75, 3.05) is 11.9 Å². The number of amides is 2. The summed E-state index contributed by atoms with van der Waals surface area (Å²) in [6.07, 6.45) is 13.4. The molecule has 1 aromatic heterocycles. The van der Waals surface area contributed by atoms with Crippen molar-refractivity contribution < 1.29 is 14.3 Å². The molecular formula is C25H42N4O3. The first kappa shape index (κ1) is 26.1. The number of nitrogens with one attached hydrogen (secondary N) is 2. The molecular weight excluding hydrogens is 404 g/mol. The highest BCUT2D eigenvalue weighted by Crippen LogP contribution is 2.26. The van der Waals surface area contributed by atoms with Gasteiger partial charge in [-0.2, -0.15) is 0 Å². The Morgan fingerprint density at radius 3 is 2.28 bits per heavy atom. The molecule has 1 saturated carbocycles. The number of aromatic nitrogens is 1. The topological polar surface area (TPSA) is 83.6 Å². The number of pyridine rings is 1. The Balaban J connectivity index is 1.82. The third-order valence-electron chi connectivity index (χ3n) is 5.73. The molecule has 7 nitrogen and oxygen atoms in total. The molecule has 0 atom stereocenters. The summed E-state index contributed by atoms with van der Waals surface area (Å²) in [5, 5.41) is 4.64. The van der Waals surface area contributed by atoms with Crippen LogP contribution in [0.25, 0.3) is 0 Å². The lowest BCUT2D eigenvalue weighted by Gasteiger charge is -2.34. The number of rotatable bonds is 11. The molecule has 1 aliphatic rings. The molecule has 0 unspecified atom stereocenters. The van der Waals surface area contributed by atoms with Gasteiger partial charge in [0, 0.05) is 36.6 Å². The third-order valence-corrected chi connectivity index (χ3v) is 5.73. The summed E-state index contributed by atoms with van der Waals surface area (Å²) in [5.41, 5.74) is 3.66. The first-order chi connectivity index (χ1) is 15.3. The van der Waals surface area contributed by atoms with Crippen LogP contribution in [0.5, 0.6) is 0 Å². The lowest BCUT2D eigenvalue weighted by molar-refractivity contribution is -0.121. The van der Waals surface area contributed by atoms with Gasteiger partial charge in [0.05, 0.1) is 0 Å². The quantitative estimate of drug-likeness (QED) is 0.337. The van der Waals surface area contributed by atoms with E-state index in [9.17, 15) is 9.59 Å². The van der Waals surface area contributed by atoms with Gasteiger partial charge in [-0.05, 0) is 65.0 Å². The minimum absolute atomic E-state index is 0.00485. The van der Waals surface area contributed by atoms with Crippen LogP contribution in [0.2, 0.25) is 0 Å². The van der Waals surface area contributed by atoms with Gasteiger partial charge < -0.3 is 10.1 Å². The summed E-state index contributed by atoms with van der Waals surface area (Å²) >= 11 is 0. The highest BCUT2D eigenvalue weighted by Gasteiger charge is 2.29. The van der Waals surface area contributed by atoms with E-state index in [0.29, 0.717) is 6.54 Å². The molecule has 2 amide bonds. The average Bonchev–Trinajstić information content (AvgIpc) is 2.75. The molecule has 0 saturated heterocycles. The Morgan fingerprint density at radius 2 is 1.66 bits per heavy atom. The van der Waals surface area contributed by atoms with Crippen LogP contribution in [0.1, 0.15) is 91.9 Å². The molecule has 2 rings (SSSR count). The molecule has 1 aromatic rings. The van der Waals surface area contributed by atoms with Crippen LogP contribution in [0.3, 0.4) is 0 Å². The Labute approximate surface area is 193 Å². The van der Waals surface area contributed by atoms with E-state index in [4.69, 9.17) is 4.74 Å². The first-order valence-electron chi connectivity index (χ1n) is 12.3. The van der Waals surface area contributed by atoms with Crippen molar-refractivity contribution in [3.05, 3.63) is 24.5 Å². The highest BCUT2D eigenvalue weighted by atomic mass is 16.6. The zero-order chi connectivity index (χ0) is 23.4. The number of ether oxygens (including phenoxy) is 1. The van der Waals surface area contributed by atoms with Gasteiger partial charge >= 0.3 is 6.09 Å². The van der Waals surface area contributed by atoms with Gasteiger partial charge in [0.2, 0.25) is 5.91 Å². The largest absolute Gasteiger partial charge is 0.443 e. The molecule has 180 valence electrons. The van der Waals surface area contributed by atoms with Gasteiger partial charge in [0.15, 0.2) is 0 Å². The van der Waals surface area contributed by atoms with Gasteiger partial charge in [-0.1, -0.05) is 39.0 Å². The molecule has 1 fully saturated rings. The van der Waals surface area contributed by atoms with Crippen LogP contribution in [0.15, 0.2) is 24.5 Å². The van der Waals surface area contributed by atoms with Crippen LogP contribution < -0.4 is 10.7 Å². The maximum Gasteiger partial charge on any atom is 0.424 e. The predicted molar refractivity (Wildman–Crippen MR) is 128 cm³/mol. The fourth-order valence-electron chi connectivity index (χ4n) is 3.96. The van der Waals surface area contributed by atoms with Crippen LogP contribution in [0, 0.1) is 5.92 Å². The highest BCUT2D eigenvalue weighted by molar-refractivity contribution is 5.92. The fraction of sp³-hybridized carbons (Fsp3) is 0.720. The van der Waals surface area contributed by atoms with E-state index in [-0.39, 0.29) is 24.0 Å². The van der Waals surface area contributed by atoms with E-state index >= 15 is 0 Å². The van der Waals surface area contributed by atoms with Crippen molar-refractivity contribution in [2.45, 2.75) is 104 Å². The minimum Gasteiger partial charge on any atom is -0.443 e. The molecule has 7 heteroatoms. The van der Waals surface area contributed by atoms with Crippen LogP contribution in [0.4, 0.5) is 10.5 Å². The summed E-state index contributed by atoms with van der Waals surface area (Å²) in [5.74, 6) is 0.0560. The lowest BCUT2D eigenvalue weighted by atomic mass is 9.85. The molecule has 0 aliphatic heterocycles. The van der Waals surface area contributed by atoms with E-state index in [1.54, 1.807) is 29.5 Å². The molecule has 1 heterocycles. The Kier molecular flexibility index (Phi) is 10.9. The van der Waals surface area contributed by atoms with Crippen LogP contribution in [-0.2, 0) is 9.53 Å². The van der Waals surface area contributed by atoms with E-state index in [1.807, 2.05) is 20.8 Å². The molecule has 2 N–H and O–H groups in total. The second kappa shape index (κ2) is 13.4. The number of hydrogen-bond acceptors (Lipinski definition) is 5. The van der Waals surface area contributed by atoms with Crippen molar-refractivity contribution in [3.8, 4) is 0 Å². The zero-order valence-electron chi connectivity index (χ0n) is 20.4. The number of hydrazine groups is 1. The smallest absolute Gasteiger partial charge is 0.424 e. The molecule has 0 bridgehead atoms. The molecule has 1 aliphatic carbocycles. The predicted octanol–water partition coefficient (Wildman–Crippen LogP) is 5.68. The molecule has 0 radical (unpaired) electrons. The van der Waals surface area contributed by atoms with Gasteiger partial charge in [-0.3, -0.25) is 9.78 Å². The Hall–Kier alpha value is -2.15. The SMILES string of the molecule is CCCCCCCCN(NC1CCC(C(=O)Nc2ccncc2)CC1)C(=O)OC(C)(C)C. The van der Waals surface area contributed by atoms with Gasteiger partial charge in [-0.15, -0.1) is 0 Å². The summed E-state index contributed by atoms with van der Waals surface area (Å²) in [4.78, 5) is 29.3. The van der Waals surface area contributed by atoms with Crippen molar-refractivity contribution in [3.63, 3.8) is 0 Å². The van der Waals surface area contributed by atoms with Gasteiger partial charge in [-0.25, -0.2) is 15.2 Å². The minimum atomic E-state index is -0.527. The van der Waals surface area contributed by atoms with Crippen molar-refractivity contribution in [1.29, 1.82) is 0 Å². The first-order valence-corrected chi connectivity index (χ1v) is 12.3. The summed E-state index contributed by atoms with van der Waals surface area (Å²) in [6.45, 7) is 8.52. The third kappa shape index (κ3) is 9.98. The molecule has 0 spiro atoms. The summed E-state index contributed by atoms with van der Waals surface area (Å²) < 4.78 is 5.62. The van der Waals surface area contributed by atoms with Gasteiger partial charge in [0.25, 0.3) is 0 Å². The Morgan fingerprint density at radius 1 is 1.03 bits per heavy atom. The summed E-state index contributed by atoms with van der Waals surface area (Å²) in [7, 11) is 0. The van der Waals surface area contributed by atoms with Crippen LogP contribution in [-0.4, -0.2) is 40.2 Å². The van der Waals surface area contributed by atoms with Crippen molar-refractivity contribution in [2.24, 2.45) is 5.92 Å².